The fourth-order valence-electron chi connectivity index (χ4n) is 4.53. The van der Waals surface area contributed by atoms with E-state index in [1.165, 1.54) is 13.0 Å². The number of hydrogen-bond donors (Lipinski definition) is 0. The summed E-state index contributed by atoms with van der Waals surface area (Å²) in [6.45, 7) is 10.5. The van der Waals surface area contributed by atoms with Gasteiger partial charge in [-0.15, -0.1) is 0 Å². The zero-order valence-electron chi connectivity index (χ0n) is 20.9. The van der Waals surface area contributed by atoms with Crippen LogP contribution in [0.25, 0.3) is 0 Å². The second kappa shape index (κ2) is 11.1. The molecule has 0 N–H and O–H groups in total. The van der Waals surface area contributed by atoms with Crippen LogP contribution in [0.4, 0.5) is 5.82 Å². The van der Waals surface area contributed by atoms with Gasteiger partial charge in [-0.05, 0) is 68.0 Å². The molecule has 6 rings (SSSR count). The van der Waals surface area contributed by atoms with Gasteiger partial charge in [-0.1, -0.05) is 38.6 Å². The molecule has 3 aromatic rings. The first-order valence-electron chi connectivity index (χ1n) is 12.2. The number of hydrogen-bond acceptors (Lipinski definition) is 6. The number of carbonyl (C=O) groups excluding carboxylic acids is 2. The number of fused-ring (bicyclic) bond motifs is 2. The monoisotopic (exact) mass is 485 g/mol. The summed E-state index contributed by atoms with van der Waals surface area (Å²) in [5.41, 5.74) is 0.416. The molecule has 0 spiro atoms. The predicted molar refractivity (Wildman–Crippen MR) is 140 cm³/mol. The van der Waals surface area contributed by atoms with Gasteiger partial charge in [0.15, 0.2) is 5.78 Å². The van der Waals surface area contributed by atoms with Gasteiger partial charge in [-0.25, -0.2) is 0 Å². The Morgan fingerprint density at radius 1 is 0.889 bits per heavy atom. The van der Waals surface area contributed by atoms with Crippen LogP contribution in [0.3, 0.4) is 0 Å². The van der Waals surface area contributed by atoms with Gasteiger partial charge >= 0.3 is 0 Å². The van der Waals surface area contributed by atoms with Crippen molar-refractivity contribution in [1.82, 2.24) is 9.88 Å². The van der Waals surface area contributed by atoms with Crippen molar-refractivity contribution in [2.75, 3.05) is 18.0 Å². The Balaban J connectivity index is 0.00000148. The number of piperazine rings is 1. The molecule has 0 saturated carbocycles. The van der Waals surface area contributed by atoms with Crippen LogP contribution in [0.2, 0.25) is 0 Å². The van der Waals surface area contributed by atoms with Crippen LogP contribution in [0.5, 0.6) is 23.1 Å². The second-order valence-electron chi connectivity index (χ2n) is 8.46. The Kier molecular flexibility index (Phi) is 7.68. The molecular weight excluding hydrogens is 454 g/mol. The second-order valence-corrected chi connectivity index (χ2v) is 8.46. The third-order valence-electron chi connectivity index (χ3n) is 6.19. The van der Waals surface area contributed by atoms with E-state index in [9.17, 15) is 9.59 Å². The summed E-state index contributed by atoms with van der Waals surface area (Å²) in [6.07, 6.45) is 2.36. The number of para-hydroxylation sites is 1. The van der Waals surface area contributed by atoms with E-state index < -0.39 is 0 Å². The van der Waals surface area contributed by atoms with E-state index in [2.05, 4.69) is 16.5 Å². The minimum absolute atomic E-state index is 0.0236. The van der Waals surface area contributed by atoms with Crippen LogP contribution in [0.15, 0.2) is 79.4 Å². The molecule has 2 aromatic carbocycles. The highest BCUT2D eigenvalue weighted by molar-refractivity contribution is 5.96. The lowest BCUT2D eigenvalue weighted by Gasteiger charge is -2.56. The van der Waals surface area contributed by atoms with E-state index in [-0.39, 0.29) is 29.7 Å². The van der Waals surface area contributed by atoms with Gasteiger partial charge in [0, 0.05) is 13.1 Å². The summed E-state index contributed by atoms with van der Waals surface area (Å²) < 4.78 is 11.9. The molecule has 3 aliphatic heterocycles. The molecule has 186 valence electrons. The zero-order valence-corrected chi connectivity index (χ0v) is 20.9. The Morgan fingerprint density at radius 2 is 1.47 bits per heavy atom. The summed E-state index contributed by atoms with van der Waals surface area (Å²) in [5.74, 6) is 2.82. The largest absolute Gasteiger partial charge is 0.457 e. The first kappa shape index (κ1) is 25.0. The Hall–Kier alpha value is -4.13. The van der Waals surface area contributed by atoms with Crippen LogP contribution in [-0.2, 0) is 4.79 Å². The maximum atomic E-state index is 12.2. The van der Waals surface area contributed by atoms with E-state index in [1.54, 1.807) is 18.2 Å². The lowest BCUT2D eigenvalue weighted by Crippen LogP contribution is -2.70. The fraction of sp³-hybridized carbons (Fsp3) is 0.276. The van der Waals surface area contributed by atoms with E-state index in [0.29, 0.717) is 30.2 Å². The zero-order chi connectivity index (χ0) is 25.7. The SMILES string of the molecule is C=CC(=O)N1C2CC1CN(c1ccc(C(C)=O)c(Oc3ccc(Oc4ccccc4)cc3)n1)C2.CC. The van der Waals surface area contributed by atoms with E-state index in [0.717, 1.165) is 18.0 Å². The Bertz CT molecular complexity index is 1220. The number of carbonyl (C=O) groups is 2. The van der Waals surface area contributed by atoms with Crippen molar-refractivity contribution in [2.45, 2.75) is 39.3 Å². The normalized spacial score (nSPS) is 17.8. The van der Waals surface area contributed by atoms with Gasteiger partial charge in [-0.3, -0.25) is 9.59 Å². The lowest BCUT2D eigenvalue weighted by molar-refractivity contribution is -0.140. The minimum atomic E-state index is -0.123. The van der Waals surface area contributed by atoms with Crippen LogP contribution >= 0.6 is 0 Å². The number of nitrogens with zero attached hydrogens (tertiary/aromatic N) is 3. The molecule has 0 aliphatic carbocycles. The standard InChI is InChI=1S/C27H25N3O4.C2H6/c1-3-26(32)30-19-15-20(30)17-29(16-19)25-14-13-24(18(2)31)27(28-25)34-23-11-9-22(10-12-23)33-21-7-5-4-6-8-21;1-2/h3-14,19-20H,1,15-17H2,2H3;1-2H3. The van der Waals surface area contributed by atoms with Gasteiger partial charge in [0.2, 0.25) is 11.8 Å². The van der Waals surface area contributed by atoms with E-state index >= 15 is 0 Å². The number of pyridine rings is 1. The highest BCUT2D eigenvalue weighted by Crippen LogP contribution is 2.36. The van der Waals surface area contributed by atoms with Gasteiger partial charge in [0.1, 0.15) is 23.1 Å². The lowest BCUT2D eigenvalue weighted by atomic mass is 9.87. The molecule has 0 radical (unpaired) electrons. The highest BCUT2D eigenvalue weighted by Gasteiger charge is 2.46. The number of ketones is 1. The fourth-order valence-corrected chi connectivity index (χ4v) is 4.53. The van der Waals surface area contributed by atoms with Gasteiger partial charge < -0.3 is 19.3 Å². The molecule has 4 heterocycles. The molecule has 1 aromatic heterocycles. The quantitative estimate of drug-likeness (QED) is 0.308. The molecule has 2 atom stereocenters. The summed E-state index contributed by atoms with van der Waals surface area (Å²) in [7, 11) is 0. The van der Waals surface area contributed by atoms with Crippen molar-refractivity contribution in [2.24, 2.45) is 0 Å². The molecule has 3 saturated heterocycles. The number of anilines is 1. The number of aromatic nitrogens is 1. The van der Waals surface area contributed by atoms with E-state index in [1.807, 2.05) is 67.3 Å². The number of ether oxygens (including phenoxy) is 2. The number of Topliss-reactive ketones (excluding diaryl/α,β-unsaturated/α-hetero) is 1. The molecule has 3 aliphatic rings. The van der Waals surface area contributed by atoms with Crippen molar-refractivity contribution in [3.63, 3.8) is 0 Å². The van der Waals surface area contributed by atoms with Crippen molar-refractivity contribution in [1.29, 1.82) is 0 Å². The third-order valence-corrected chi connectivity index (χ3v) is 6.19. The topological polar surface area (TPSA) is 72.0 Å². The number of benzene rings is 2. The summed E-state index contributed by atoms with van der Waals surface area (Å²) in [5, 5.41) is 0. The summed E-state index contributed by atoms with van der Waals surface area (Å²) in [6, 6.07) is 20.6. The van der Waals surface area contributed by atoms with Crippen molar-refractivity contribution < 1.29 is 19.1 Å². The first-order chi connectivity index (χ1) is 17.5. The van der Waals surface area contributed by atoms with Crippen LogP contribution < -0.4 is 14.4 Å². The minimum Gasteiger partial charge on any atom is -0.457 e. The Morgan fingerprint density at radius 3 is 2.06 bits per heavy atom. The molecule has 2 unspecified atom stereocenters. The molecule has 7 heteroatoms. The summed E-state index contributed by atoms with van der Waals surface area (Å²) >= 11 is 0. The molecule has 1 amide bonds. The first-order valence-corrected chi connectivity index (χ1v) is 12.2. The van der Waals surface area contributed by atoms with Gasteiger partial charge in [0.25, 0.3) is 0 Å². The predicted octanol–water partition coefficient (Wildman–Crippen LogP) is 5.87. The van der Waals surface area contributed by atoms with Crippen molar-refractivity contribution in [3.05, 3.63) is 84.9 Å². The molecule has 3 fully saturated rings. The molecule has 7 nitrogen and oxygen atoms in total. The van der Waals surface area contributed by atoms with Gasteiger partial charge in [-0.2, -0.15) is 4.98 Å². The average molecular weight is 486 g/mol. The molecule has 36 heavy (non-hydrogen) atoms. The number of rotatable bonds is 7. The van der Waals surface area contributed by atoms with Crippen molar-refractivity contribution >= 4 is 17.5 Å². The molecule has 2 bridgehead atoms. The van der Waals surface area contributed by atoms with Crippen LogP contribution in [0.1, 0.15) is 37.6 Å². The van der Waals surface area contributed by atoms with Gasteiger partial charge in [0.05, 0.1) is 17.6 Å². The summed E-state index contributed by atoms with van der Waals surface area (Å²) in [4.78, 5) is 33.0. The van der Waals surface area contributed by atoms with Crippen molar-refractivity contribution in [3.8, 4) is 23.1 Å². The smallest absolute Gasteiger partial charge is 0.246 e. The molecular formula is C29H31N3O4. The Labute approximate surface area is 212 Å². The maximum Gasteiger partial charge on any atom is 0.246 e. The number of piperidine rings is 1. The maximum absolute atomic E-state index is 12.2. The average Bonchev–Trinajstić information content (AvgIpc) is 2.91. The highest BCUT2D eigenvalue weighted by atomic mass is 16.5. The van der Waals surface area contributed by atoms with Crippen LogP contribution in [-0.4, -0.2) is 46.7 Å². The number of amides is 1. The van der Waals surface area contributed by atoms with E-state index in [4.69, 9.17) is 9.47 Å². The van der Waals surface area contributed by atoms with Crippen LogP contribution in [0, 0.1) is 0 Å². The third kappa shape index (κ3) is 5.25.